The Labute approximate surface area is 137 Å². The summed E-state index contributed by atoms with van der Waals surface area (Å²) in [5, 5.41) is 4.43. The standard InChI is InChI=1S/C17H27BrClN/c1-3-5-7-9-14(10-8-6-4-2)20-15-11-12-16(18)17(19)13-15/h11-14,20H,3-10H2,1-2H3. The van der Waals surface area contributed by atoms with Crippen LogP contribution >= 0.6 is 27.5 Å². The van der Waals surface area contributed by atoms with Crippen molar-refractivity contribution in [1.82, 2.24) is 0 Å². The highest BCUT2D eigenvalue weighted by molar-refractivity contribution is 9.10. The van der Waals surface area contributed by atoms with Crippen molar-refractivity contribution >= 4 is 33.2 Å². The Bertz CT molecular complexity index is 371. The molecule has 0 spiro atoms. The average molecular weight is 361 g/mol. The third-order valence-electron chi connectivity index (χ3n) is 3.60. The fourth-order valence-electron chi connectivity index (χ4n) is 2.39. The second kappa shape index (κ2) is 10.5. The Morgan fingerprint density at radius 2 is 1.65 bits per heavy atom. The van der Waals surface area contributed by atoms with Crippen LogP contribution in [0.5, 0.6) is 0 Å². The molecule has 1 aromatic carbocycles. The summed E-state index contributed by atoms with van der Waals surface area (Å²) in [6.45, 7) is 4.52. The molecule has 0 radical (unpaired) electrons. The highest BCUT2D eigenvalue weighted by atomic mass is 79.9. The normalized spacial score (nSPS) is 11.1. The number of hydrogen-bond acceptors (Lipinski definition) is 1. The van der Waals surface area contributed by atoms with Gasteiger partial charge in [-0.2, -0.15) is 0 Å². The number of rotatable bonds is 10. The minimum Gasteiger partial charge on any atom is -0.382 e. The Hall–Kier alpha value is -0.210. The van der Waals surface area contributed by atoms with Gasteiger partial charge in [0.2, 0.25) is 0 Å². The Kier molecular flexibility index (Phi) is 9.37. The maximum Gasteiger partial charge on any atom is 0.0568 e. The van der Waals surface area contributed by atoms with Crippen LogP contribution < -0.4 is 5.32 Å². The maximum absolute atomic E-state index is 6.16. The molecule has 1 N–H and O–H groups in total. The van der Waals surface area contributed by atoms with Gasteiger partial charge in [0.15, 0.2) is 0 Å². The predicted molar refractivity (Wildman–Crippen MR) is 94.8 cm³/mol. The molecular weight excluding hydrogens is 334 g/mol. The first-order chi connectivity index (χ1) is 9.67. The van der Waals surface area contributed by atoms with E-state index < -0.39 is 0 Å². The minimum absolute atomic E-state index is 0.574. The molecule has 0 saturated heterocycles. The molecule has 0 atom stereocenters. The quantitative estimate of drug-likeness (QED) is 0.441. The third-order valence-corrected chi connectivity index (χ3v) is 4.84. The summed E-state index contributed by atoms with van der Waals surface area (Å²) in [7, 11) is 0. The molecule has 0 aliphatic carbocycles. The molecule has 1 rings (SSSR count). The molecule has 0 heterocycles. The van der Waals surface area contributed by atoms with Gasteiger partial charge >= 0.3 is 0 Å². The van der Waals surface area contributed by atoms with E-state index in [-0.39, 0.29) is 0 Å². The highest BCUT2D eigenvalue weighted by Gasteiger charge is 2.09. The topological polar surface area (TPSA) is 12.0 Å². The lowest BCUT2D eigenvalue weighted by Crippen LogP contribution is -2.19. The van der Waals surface area contributed by atoms with Crippen LogP contribution in [-0.2, 0) is 0 Å². The lowest BCUT2D eigenvalue weighted by atomic mass is 10.0. The molecule has 0 aromatic heterocycles. The van der Waals surface area contributed by atoms with E-state index in [0.29, 0.717) is 6.04 Å². The van der Waals surface area contributed by atoms with Gasteiger partial charge in [0.1, 0.15) is 0 Å². The van der Waals surface area contributed by atoms with Crippen molar-refractivity contribution < 1.29 is 0 Å². The molecule has 20 heavy (non-hydrogen) atoms. The second-order valence-electron chi connectivity index (χ2n) is 5.46. The van der Waals surface area contributed by atoms with Crippen LogP contribution in [0.15, 0.2) is 22.7 Å². The SMILES string of the molecule is CCCCCC(CCCCC)Nc1ccc(Br)c(Cl)c1. The van der Waals surface area contributed by atoms with Crippen LogP contribution in [0, 0.1) is 0 Å². The van der Waals surface area contributed by atoms with E-state index in [1.807, 2.05) is 12.1 Å². The van der Waals surface area contributed by atoms with Gasteiger partial charge in [0.05, 0.1) is 5.02 Å². The van der Waals surface area contributed by atoms with E-state index in [1.165, 1.54) is 51.4 Å². The fraction of sp³-hybridized carbons (Fsp3) is 0.647. The van der Waals surface area contributed by atoms with Crippen molar-refractivity contribution in [2.75, 3.05) is 5.32 Å². The van der Waals surface area contributed by atoms with Gasteiger partial charge in [-0.1, -0.05) is 64.0 Å². The maximum atomic E-state index is 6.16. The zero-order valence-corrected chi connectivity index (χ0v) is 15.1. The van der Waals surface area contributed by atoms with Crippen LogP contribution in [-0.4, -0.2) is 6.04 Å². The zero-order valence-electron chi connectivity index (χ0n) is 12.7. The number of nitrogens with one attached hydrogen (secondary N) is 1. The average Bonchev–Trinajstić information content (AvgIpc) is 2.43. The third kappa shape index (κ3) is 6.99. The highest BCUT2D eigenvalue weighted by Crippen LogP contribution is 2.27. The predicted octanol–water partition coefficient (Wildman–Crippen LogP) is 7.04. The molecule has 0 unspecified atom stereocenters. The van der Waals surface area contributed by atoms with E-state index >= 15 is 0 Å². The lowest BCUT2D eigenvalue weighted by molar-refractivity contribution is 0.526. The first-order valence-corrected chi connectivity index (χ1v) is 9.06. The van der Waals surface area contributed by atoms with Crippen LogP contribution in [0.2, 0.25) is 5.02 Å². The van der Waals surface area contributed by atoms with Crippen LogP contribution in [0.1, 0.15) is 65.2 Å². The Morgan fingerprint density at radius 1 is 1.05 bits per heavy atom. The molecular formula is C17H27BrClN. The van der Waals surface area contributed by atoms with Gasteiger partial charge in [-0.3, -0.25) is 0 Å². The summed E-state index contributed by atoms with van der Waals surface area (Å²) in [5.74, 6) is 0. The van der Waals surface area contributed by atoms with Crippen molar-refractivity contribution in [3.05, 3.63) is 27.7 Å². The lowest BCUT2D eigenvalue weighted by Gasteiger charge is -2.20. The van der Waals surface area contributed by atoms with Gasteiger partial charge in [-0.15, -0.1) is 0 Å². The fourth-order valence-corrected chi connectivity index (χ4v) is 2.82. The van der Waals surface area contributed by atoms with Crippen molar-refractivity contribution in [1.29, 1.82) is 0 Å². The molecule has 0 amide bonds. The number of unbranched alkanes of at least 4 members (excludes halogenated alkanes) is 4. The monoisotopic (exact) mass is 359 g/mol. The summed E-state index contributed by atoms with van der Waals surface area (Å²) in [5.41, 5.74) is 1.14. The van der Waals surface area contributed by atoms with Gasteiger partial charge in [0.25, 0.3) is 0 Å². The van der Waals surface area contributed by atoms with Gasteiger partial charge in [0, 0.05) is 16.2 Å². The van der Waals surface area contributed by atoms with Crippen molar-refractivity contribution in [3.8, 4) is 0 Å². The minimum atomic E-state index is 0.574. The van der Waals surface area contributed by atoms with Crippen molar-refractivity contribution in [2.45, 2.75) is 71.3 Å². The zero-order chi connectivity index (χ0) is 14.8. The smallest absolute Gasteiger partial charge is 0.0568 e. The van der Waals surface area contributed by atoms with E-state index in [0.717, 1.165) is 15.2 Å². The van der Waals surface area contributed by atoms with E-state index in [2.05, 4.69) is 41.2 Å². The second-order valence-corrected chi connectivity index (χ2v) is 6.72. The molecule has 3 heteroatoms. The largest absolute Gasteiger partial charge is 0.382 e. The first kappa shape index (κ1) is 17.8. The van der Waals surface area contributed by atoms with Crippen LogP contribution in [0.25, 0.3) is 0 Å². The Balaban J connectivity index is 2.54. The molecule has 0 bridgehead atoms. The molecule has 0 aliphatic rings. The molecule has 0 saturated carbocycles. The first-order valence-electron chi connectivity index (χ1n) is 7.89. The van der Waals surface area contributed by atoms with Crippen molar-refractivity contribution in [2.24, 2.45) is 0 Å². The number of benzene rings is 1. The summed E-state index contributed by atoms with van der Waals surface area (Å²) in [4.78, 5) is 0. The molecule has 0 aliphatic heterocycles. The summed E-state index contributed by atoms with van der Waals surface area (Å²) in [6, 6.07) is 6.70. The number of anilines is 1. The van der Waals surface area contributed by atoms with Crippen molar-refractivity contribution in [3.63, 3.8) is 0 Å². The van der Waals surface area contributed by atoms with Crippen LogP contribution in [0.3, 0.4) is 0 Å². The molecule has 114 valence electrons. The number of halogens is 2. The summed E-state index contributed by atoms with van der Waals surface area (Å²) < 4.78 is 0.957. The molecule has 0 fully saturated rings. The van der Waals surface area contributed by atoms with Gasteiger partial charge in [-0.05, 0) is 47.0 Å². The molecule has 1 aromatic rings. The van der Waals surface area contributed by atoms with E-state index in [4.69, 9.17) is 11.6 Å². The molecule has 1 nitrogen and oxygen atoms in total. The summed E-state index contributed by atoms with van der Waals surface area (Å²) >= 11 is 9.60. The summed E-state index contributed by atoms with van der Waals surface area (Å²) in [6.07, 6.45) is 10.4. The van der Waals surface area contributed by atoms with E-state index in [9.17, 15) is 0 Å². The van der Waals surface area contributed by atoms with Gasteiger partial charge in [-0.25, -0.2) is 0 Å². The Morgan fingerprint density at radius 3 is 2.15 bits per heavy atom. The van der Waals surface area contributed by atoms with Gasteiger partial charge < -0.3 is 5.32 Å². The van der Waals surface area contributed by atoms with Crippen LogP contribution in [0.4, 0.5) is 5.69 Å². The number of hydrogen-bond donors (Lipinski definition) is 1. The van der Waals surface area contributed by atoms with E-state index in [1.54, 1.807) is 0 Å².